The number of nitrogens with one attached hydrogen (secondary N) is 1. The fourth-order valence-electron chi connectivity index (χ4n) is 5.42. The molecule has 4 heterocycles. The maximum Gasteiger partial charge on any atom is 0.335 e. The van der Waals surface area contributed by atoms with Gasteiger partial charge < -0.3 is 35.2 Å². The molecule has 0 radical (unpaired) electrons. The van der Waals surface area contributed by atoms with Crippen LogP contribution in [0.1, 0.15) is 40.1 Å². The van der Waals surface area contributed by atoms with E-state index < -0.39 is 42.3 Å². The molecule has 1 fully saturated rings. The lowest BCUT2D eigenvalue weighted by molar-refractivity contribution is -0.182. The first-order valence-electron chi connectivity index (χ1n) is 14.6. The number of carboxylic acid groups (broad SMARTS) is 2. The van der Waals surface area contributed by atoms with Gasteiger partial charge in [0.2, 0.25) is 0 Å². The third-order valence-electron chi connectivity index (χ3n) is 8.00. The first-order chi connectivity index (χ1) is 22.2. The van der Waals surface area contributed by atoms with Gasteiger partial charge in [-0.05, 0) is 37.5 Å². The van der Waals surface area contributed by atoms with Crippen molar-refractivity contribution in [2.75, 3.05) is 40.0 Å². The number of aliphatic hydroxyl groups is 2. The number of ether oxygens (including phenoxy) is 2. The zero-order chi connectivity index (χ0) is 34.5. The Hall–Kier alpha value is -3.09. The maximum absolute atomic E-state index is 14.9. The number of aliphatic hydroxyl groups excluding tert-OH is 2. The van der Waals surface area contributed by atoms with Crippen LogP contribution in [0.5, 0.6) is 0 Å². The summed E-state index contributed by atoms with van der Waals surface area (Å²) in [5.74, 6) is -6.89. The van der Waals surface area contributed by atoms with E-state index in [-0.39, 0.29) is 11.4 Å². The number of nitrogens with zero attached hydrogens (tertiary/aromatic N) is 3. The Balaban J connectivity index is 0.000000434. The van der Waals surface area contributed by atoms with E-state index in [1.54, 1.807) is 17.9 Å². The highest BCUT2D eigenvalue weighted by molar-refractivity contribution is 7.16. The molecule has 2 atom stereocenters. The topological polar surface area (TPSA) is 167 Å². The Morgan fingerprint density at radius 3 is 2.45 bits per heavy atom. The van der Waals surface area contributed by atoms with Crippen molar-refractivity contribution in [3.63, 3.8) is 0 Å². The molecule has 2 unspecified atom stereocenters. The van der Waals surface area contributed by atoms with Crippen LogP contribution in [-0.4, -0.2) is 99.2 Å². The van der Waals surface area contributed by atoms with Gasteiger partial charge in [0.05, 0.1) is 16.6 Å². The normalized spacial score (nSPS) is 18.2. The minimum absolute atomic E-state index is 0.0109. The summed E-state index contributed by atoms with van der Waals surface area (Å²) in [6.45, 7) is 5.01. The highest BCUT2D eigenvalue weighted by Crippen LogP contribution is 2.52. The summed E-state index contributed by atoms with van der Waals surface area (Å²) in [5, 5.41) is 40.4. The van der Waals surface area contributed by atoms with E-state index in [9.17, 15) is 22.8 Å². The van der Waals surface area contributed by atoms with Crippen LogP contribution in [-0.2, 0) is 43.7 Å². The number of carbonyl (C=O) groups is 2. The molecule has 0 amide bonds. The molecule has 258 valence electrons. The number of para-hydroxylation sites is 1. The van der Waals surface area contributed by atoms with Crippen molar-refractivity contribution in [2.45, 2.75) is 56.6 Å². The number of fused-ring (bicyclic) bond motifs is 2. The highest BCUT2D eigenvalue weighted by Gasteiger charge is 2.51. The van der Waals surface area contributed by atoms with Crippen molar-refractivity contribution in [1.29, 1.82) is 0 Å². The molecule has 17 heteroatoms. The van der Waals surface area contributed by atoms with Gasteiger partial charge in [0.1, 0.15) is 23.7 Å². The zero-order valence-corrected chi connectivity index (χ0v) is 27.2. The number of methoxy groups -OCH3 is 1. The third kappa shape index (κ3) is 8.50. The molecule has 0 saturated carbocycles. The smallest absolute Gasteiger partial charge is 0.335 e. The van der Waals surface area contributed by atoms with E-state index in [1.165, 1.54) is 23.5 Å². The minimum Gasteiger partial charge on any atom is -0.479 e. The Labute approximate surface area is 277 Å². The number of piperidine rings is 1. The average molecular weight is 705 g/mol. The molecule has 5 N–H and O–H groups in total. The molecule has 1 saturated heterocycles. The van der Waals surface area contributed by atoms with E-state index in [1.807, 2.05) is 19.2 Å². The summed E-state index contributed by atoms with van der Waals surface area (Å²) in [7, 11) is 1.64. The van der Waals surface area contributed by atoms with Crippen LogP contribution in [0.2, 0.25) is 4.34 Å². The van der Waals surface area contributed by atoms with Crippen LogP contribution in [0.4, 0.5) is 13.2 Å². The number of aromatic nitrogens is 2. The van der Waals surface area contributed by atoms with Gasteiger partial charge in [0.15, 0.2) is 12.2 Å². The number of carboxylic acids is 2. The molecule has 47 heavy (non-hydrogen) atoms. The second-order valence-electron chi connectivity index (χ2n) is 11.2. The molecule has 2 aliphatic rings. The molecule has 0 aliphatic carbocycles. The summed E-state index contributed by atoms with van der Waals surface area (Å²) in [6, 6.07) is 6.41. The summed E-state index contributed by atoms with van der Waals surface area (Å²) in [4.78, 5) is 22.4. The lowest BCUT2D eigenvalue weighted by Gasteiger charge is -2.45. The number of rotatable bonds is 11. The lowest BCUT2D eigenvalue weighted by atomic mass is 9.84. The van der Waals surface area contributed by atoms with Gasteiger partial charge >= 0.3 is 11.9 Å². The van der Waals surface area contributed by atoms with Crippen LogP contribution in [0.15, 0.2) is 30.5 Å². The van der Waals surface area contributed by atoms with E-state index >= 15 is 0 Å². The molecule has 0 bridgehead atoms. The molecule has 2 aromatic heterocycles. The quantitative estimate of drug-likeness (QED) is 0.186. The fourth-order valence-corrected chi connectivity index (χ4v) is 6.90. The van der Waals surface area contributed by atoms with Gasteiger partial charge in [-0.3, -0.25) is 4.90 Å². The lowest BCUT2D eigenvalue weighted by Crippen LogP contribution is -2.48. The van der Waals surface area contributed by atoms with E-state index in [0.717, 1.165) is 16.8 Å². The van der Waals surface area contributed by atoms with Gasteiger partial charge in [0.25, 0.3) is 5.92 Å². The minimum atomic E-state index is -3.02. The fraction of sp³-hybridized carbons (Fsp3) is 0.500. The number of alkyl halides is 2. The van der Waals surface area contributed by atoms with Gasteiger partial charge in [-0.25, -0.2) is 18.7 Å². The number of aliphatic carboxylic acids is 2. The first kappa shape index (κ1) is 36.7. The Morgan fingerprint density at radius 1 is 1.17 bits per heavy atom. The number of thiophene rings is 1. The van der Waals surface area contributed by atoms with Crippen molar-refractivity contribution in [3.8, 4) is 5.69 Å². The van der Waals surface area contributed by atoms with E-state index in [2.05, 4.69) is 15.3 Å². The molecule has 2 aliphatic heterocycles. The van der Waals surface area contributed by atoms with Crippen LogP contribution in [0.3, 0.4) is 0 Å². The summed E-state index contributed by atoms with van der Waals surface area (Å²) < 4.78 is 56.6. The summed E-state index contributed by atoms with van der Waals surface area (Å²) in [5.41, 5.74) is 2.34. The Morgan fingerprint density at radius 2 is 1.83 bits per heavy atom. The SMILES string of the molecule is COCCNCc1cccc(F)c1-n1cc(CN2CCC3(CC2)OCC(F)(F)c2cc(Cl)sc23)c(C)n1.O=C(O)C(O)C(O)C(=O)O. The monoisotopic (exact) mass is 704 g/mol. The van der Waals surface area contributed by atoms with Crippen molar-refractivity contribution in [3.05, 3.63) is 67.9 Å². The number of likely N-dealkylation sites (tertiary alicyclic amines) is 1. The van der Waals surface area contributed by atoms with Crippen LogP contribution in [0.25, 0.3) is 5.69 Å². The number of halogens is 4. The first-order valence-corrected chi connectivity index (χ1v) is 15.8. The second-order valence-corrected chi connectivity index (χ2v) is 12.9. The molecule has 1 aromatic carbocycles. The van der Waals surface area contributed by atoms with Gasteiger partial charge in [-0.2, -0.15) is 13.9 Å². The predicted molar refractivity (Wildman–Crippen MR) is 164 cm³/mol. The number of hydrogen-bond donors (Lipinski definition) is 5. The molecular weight excluding hydrogens is 669 g/mol. The van der Waals surface area contributed by atoms with Crippen LogP contribution in [0, 0.1) is 12.7 Å². The molecular formula is C30H36ClF3N4O8S. The molecule has 5 rings (SSSR count). The zero-order valence-electron chi connectivity index (χ0n) is 25.6. The van der Waals surface area contributed by atoms with Crippen LogP contribution >= 0.6 is 22.9 Å². The predicted octanol–water partition coefficient (Wildman–Crippen LogP) is 3.26. The van der Waals surface area contributed by atoms with Crippen molar-refractivity contribution in [1.82, 2.24) is 20.0 Å². The van der Waals surface area contributed by atoms with Crippen molar-refractivity contribution >= 4 is 34.9 Å². The number of benzene rings is 1. The van der Waals surface area contributed by atoms with Gasteiger partial charge in [-0.15, -0.1) is 11.3 Å². The highest BCUT2D eigenvalue weighted by atomic mass is 35.5. The summed E-state index contributed by atoms with van der Waals surface area (Å²) >= 11 is 7.32. The third-order valence-corrected chi connectivity index (χ3v) is 9.45. The van der Waals surface area contributed by atoms with Crippen molar-refractivity contribution < 1.29 is 52.7 Å². The largest absolute Gasteiger partial charge is 0.479 e. The van der Waals surface area contributed by atoms with Crippen LogP contribution < -0.4 is 5.32 Å². The van der Waals surface area contributed by atoms with Gasteiger partial charge in [0, 0.05) is 62.0 Å². The molecule has 3 aromatic rings. The van der Waals surface area contributed by atoms with Gasteiger partial charge in [-0.1, -0.05) is 23.7 Å². The van der Waals surface area contributed by atoms with E-state index in [4.69, 9.17) is 41.5 Å². The Kier molecular flexibility index (Phi) is 12.1. The number of aryl methyl sites for hydroxylation is 1. The standard InChI is InChI=1S/C26H30ClF3N4O2S.C4H6O6/c1-17-19(15-34(32-17)23-18(4-3-5-21(23)28)13-31-8-11-35-2)14-33-9-6-25(7-10-33)24-20(12-22(27)37-24)26(29,30)16-36-25;5-1(3(7)8)2(6)4(9)10/h3-5,12,15,31H,6-11,13-14,16H2,1-2H3;1-2,5-6H,(H,7,8)(H,9,10). The Bertz CT molecular complexity index is 1550. The summed E-state index contributed by atoms with van der Waals surface area (Å²) in [6.07, 6.45) is -1.45. The molecule has 1 spiro atoms. The number of hydrogen-bond acceptors (Lipinski definition) is 10. The maximum atomic E-state index is 14.9. The molecule has 12 nitrogen and oxygen atoms in total. The average Bonchev–Trinajstić information content (AvgIpc) is 3.61. The van der Waals surface area contributed by atoms with E-state index in [0.29, 0.717) is 67.1 Å². The second kappa shape index (κ2) is 15.4. The van der Waals surface area contributed by atoms with Crippen molar-refractivity contribution in [2.24, 2.45) is 0 Å².